The quantitative estimate of drug-likeness (QED) is 0.347. The highest BCUT2D eigenvalue weighted by atomic mass is 79.9. The zero-order chi connectivity index (χ0) is 22.5. The summed E-state index contributed by atoms with van der Waals surface area (Å²) in [5.74, 6) is -0.983. The second kappa shape index (κ2) is 10.3. The van der Waals surface area contributed by atoms with E-state index >= 15 is 0 Å². The molecule has 160 valence electrons. The van der Waals surface area contributed by atoms with Gasteiger partial charge < -0.3 is 10.1 Å². The highest BCUT2D eigenvalue weighted by molar-refractivity contribution is 9.11. The van der Waals surface area contributed by atoms with Gasteiger partial charge in [-0.3, -0.25) is 19.3 Å². The van der Waals surface area contributed by atoms with Crippen molar-refractivity contribution < 1.29 is 23.5 Å². The molecule has 0 saturated carbocycles. The predicted octanol–water partition coefficient (Wildman–Crippen LogP) is 5.59. The van der Waals surface area contributed by atoms with Crippen molar-refractivity contribution in [3.8, 4) is 5.75 Å². The Balaban J connectivity index is 1.72. The number of hydrogen-bond donors (Lipinski definition) is 1. The molecule has 31 heavy (non-hydrogen) atoms. The highest BCUT2D eigenvalue weighted by Gasteiger charge is 2.36. The molecule has 3 rings (SSSR count). The molecule has 0 spiro atoms. The fourth-order valence-corrected chi connectivity index (χ4v) is 4.90. The second-order valence-electron chi connectivity index (χ2n) is 6.24. The number of nitrogens with zero attached hydrogens (tertiary/aromatic N) is 1. The van der Waals surface area contributed by atoms with Gasteiger partial charge in [0, 0.05) is 5.69 Å². The Morgan fingerprint density at radius 2 is 1.84 bits per heavy atom. The Labute approximate surface area is 198 Å². The third kappa shape index (κ3) is 5.84. The van der Waals surface area contributed by atoms with E-state index < -0.39 is 29.4 Å². The van der Waals surface area contributed by atoms with Gasteiger partial charge in [-0.05, 0) is 91.7 Å². The van der Waals surface area contributed by atoms with Gasteiger partial charge in [0.1, 0.15) is 24.7 Å². The van der Waals surface area contributed by atoms with Crippen LogP contribution < -0.4 is 10.1 Å². The number of rotatable bonds is 7. The lowest BCUT2D eigenvalue weighted by Crippen LogP contribution is -2.36. The third-order valence-corrected chi connectivity index (χ3v) is 6.05. The molecule has 10 heteroatoms. The molecule has 0 atom stereocenters. The van der Waals surface area contributed by atoms with E-state index in [9.17, 15) is 18.8 Å². The van der Waals surface area contributed by atoms with Crippen LogP contribution in [-0.4, -0.2) is 35.1 Å². The standard InChI is InChI=1S/C21H15Br2FN2O4S/c1-2-7-30-19-15(22)8-12(9-16(19)23)10-17-20(28)26(21(29)31-17)11-18(27)25-14-5-3-13(24)4-6-14/h2-6,8-10H,1,7,11H2,(H,25,27)/b17-10-. The van der Waals surface area contributed by atoms with Crippen LogP contribution in [0.15, 0.2) is 62.9 Å². The lowest BCUT2D eigenvalue weighted by atomic mass is 10.2. The molecule has 1 aliphatic rings. The molecule has 1 heterocycles. The number of thioether (sulfide) groups is 1. The Hall–Kier alpha value is -2.43. The lowest BCUT2D eigenvalue weighted by Gasteiger charge is -2.12. The van der Waals surface area contributed by atoms with Crippen molar-refractivity contribution in [3.63, 3.8) is 0 Å². The molecule has 0 aromatic heterocycles. The number of carbonyl (C=O) groups is 3. The number of carbonyl (C=O) groups excluding carboxylic acids is 3. The number of anilines is 1. The maximum Gasteiger partial charge on any atom is 0.294 e. The number of halogens is 3. The number of imide groups is 1. The molecular weight excluding hydrogens is 555 g/mol. The topological polar surface area (TPSA) is 75.7 Å². The van der Waals surface area contributed by atoms with Crippen molar-refractivity contribution in [2.45, 2.75) is 0 Å². The number of amides is 3. The van der Waals surface area contributed by atoms with Crippen LogP contribution in [0.1, 0.15) is 5.56 Å². The molecular formula is C21H15Br2FN2O4S. The average Bonchev–Trinajstić information content (AvgIpc) is 2.96. The molecule has 1 aliphatic heterocycles. The Morgan fingerprint density at radius 1 is 1.19 bits per heavy atom. The molecule has 3 amide bonds. The predicted molar refractivity (Wildman–Crippen MR) is 125 cm³/mol. The minimum Gasteiger partial charge on any atom is -0.487 e. The molecule has 2 aromatic rings. The van der Waals surface area contributed by atoms with Gasteiger partial charge in [0.15, 0.2) is 0 Å². The molecule has 2 aromatic carbocycles. The van der Waals surface area contributed by atoms with E-state index in [0.717, 1.165) is 16.7 Å². The number of hydrogen-bond acceptors (Lipinski definition) is 5. The highest BCUT2D eigenvalue weighted by Crippen LogP contribution is 2.37. The van der Waals surface area contributed by atoms with Crippen molar-refractivity contribution >= 4 is 72.4 Å². The maximum atomic E-state index is 13.0. The first-order chi connectivity index (χ1) is 14.8. The Bertz CT molecular complexity index is 1070. The van der Waals surface area contributed by atoms with Crippen LogP contribution in [0.3, 0.4) is 0 Å². The number of ether oxygens (including phenoxy) is 1. The summed E-state index contributed by atoms with van der Waals surface area (Å²) in [5, 5.41) is 1.98. The molecule has 0 aliphatic carbocycles. The van der Waals surface area contributed by atoms with Gasteiger partial charge in [0.25, 0.3) is 11.1 Å². The van der Waals surface area contributed by atoms with E-state index in [1.165, 1.54) is 24.3 Å². The second-order valence-corrected chi connectivity index (χ2v) is 8.94. The summed E-state index contributed by atoms with van der Waals surface area (Å²) in [6.07, 6.45) is 3.19. The first-order valence-electron chi connectivity index (χ1n) is 8.82. The van der Waals surface area contributed by atoms with Gasteiger partial charge in [-0.25, -0.2) is 4.39 Å². The summed E-state index contributed by atoms with van der Waals surface area (Å²) < 4.78 is 19.9. The van der Waals surface area contributed by atoms with Crippen molar-refractivity contribution in [2.75, 3.05) is 18.5 Å². The van der Waals surface area contributed by atoms with Crippen LogP contribution >= 0.6 is 43.6 Å². The SMILES string of the molecule is C=CCOc1c(Br)cc(/C=C2\SC(=O)N(CC(=O)Nc3ccc(F)cc3)C2=O)cc1Br. The fraction of sp³-hybridized carbons (Fsp3) is 0.0952. The molecule has 0 unspecified atom stereocenters. The largest absolute Gasteiger partial charge is 0.487 e. The molecule has 0 bridgehead atoms. The first-order valence-corrected chi connectivity index (χ1v) is 11.2. The summed E-state index contributed by atoms with van der Waals surface area (Å²) in [6.45, 7) is 3.49. The maximum absolute atomic E-state index is 13.0. The van der Waals surface area contributed by atoms with E-state index in [4.69, 9.17) is 4.74 Å². The van der Waals surface area contributed by atoms with Gasteiger partial charge in [-0.15, -0.1) is 0 Å². The smallest absolute Gasteiger partial charge is 0.294 e. The summed E-state index contributed by atoms with van der Waals surface area (Å²) in [6, 6.07) is 8.67. The third-order valence-electron chi connectivity index (χ3n) is 3.97. The Kier molecular flexibility index (Phi) is 7.69. The van der Waals surface area contributed by atoms with Crippen LogP contribution in [-0.2, 0) is 9.59 Å². The van der Waals surface area contributed by atoms with Crippen molar-refractivity contribution in [1.82, 2.24) is 4.90 Å². The minimum atomic E-state index is -0.566. The lowest BCUT2D eigenvalue weighted by molar-refractivity contribution is -0.127. The number of nitrogens with one attached hydrogen (secondary N) is 1. The van der Waals surface area contributed by atoms with E-state index in [1.807, 2.05) is 0 Å². The van der Waals surface area contributed by atoms with Gasteiger partial charge in [-0.2, -0.15) is 0 Å². The zero-order valence-corrected chi connectivity index (χ0v) is 19.9. The van der Waals surface area contributed by atoms with Gasteiger partial charge >= 0.3 is 0 Å². The van der Waals surface area contributed by atoms with Crippen LogP contribution in [0.5, 0.6) is 5.75 Å². The first kappa shape index (κ1) is 23.2. The summed E-state index contributed by atoms with van der Waals surface area (Å²) in [7, 11) is 0. The van der Waals surface area contributed by atoms with Crippen LogP contribution in [0.25, 0.3) is 6.08 Å². The summed E-state index contributed by atoms with van der Waals surface area (Å²) >= 11 is 7.59. The molecule has 6 nitrogen and oxygen atoms in total. The normalized spacial score (nSPS) is 14.8. The monoisotopic (exact) mass is 568 g/mol. The zero-order valence-electron chi connectivity index (χ0n) is 15.9. The van der Waals surface area contributed by atoms with Crippen LogP contribution in [0.2, 0.25) is 0 Å². The van der Waals surface area contributed by atoms with Gasteiger partial charge in [-0.1, -0.05) is 12.7 Å². The molecule has 0 radical (unpaired) electrons. The van der Waals surface area contributed by atoms with Crippen LogP contribution in [0.4, 0.5) is 14.9 Å². The van der Waals surface area contributed by atoms with Crippen molar-refractivity contribution in [1.29, 1.82) is 0 Å². The van der Waals surface area contributed by atoms with Crippen molar-refractivity contribution in [2.24, 2.45) is 0 Å². The minimum absolute atomic E-state index is 0.193. The Morgan fingerprint density at radius 3 is 2.45 bits per heavy atom. The summed E-state index contributed by atoms with van der Waals surface area (Å²) in [4.78, 5) is 38.2. The summed E-state index contributed by atoms with van der Waals surface area (Å²) in [5.41, 5.74) is 1.02. The van der Waals surface area contributed by atoms with Crippen LogP contribution in [0, 0.1) is 5.82 Å². The van der Waals surface area contributed by atoms with E-state index in [-0.39, 0.29) is 4.91 Å². The molecule has 1 fully saturated rings. The van der Waals surface area contributed by atoms with E-state index in [1.54, 1.807) is 24.3 Å². The van der Waals surface area contributed by atoms with E-state index in [0.29, 0.717) is 32.6 Å². The van der Waals surface area contributed by atoms with Crippen molar-refractivity contribution in [3.05, 3.63) is 74.3 Å². The average molecular weight is 570 g/mol. The fourth-order valence-electron chi connectivity index (χ4n) is 2.61. The van der Waals surface area contributed by atoms with Gasteiger partial charge in [0.2, 0.25) is 5.91 Å². The van der Waals surface area contributed by atoms with E-state index in [2.05, 4.69) is 43.8 Å². The number of benzene rings is 2. The van der Waals surface area contributed by atoms with Gasteiger partial charge in [0.05, 0.1) is 13.9 Å². The molecule has 1 N–H and O–H groups in total. The molecule has 1 saturated heterocycles.